The number of rotatable bonds is 4. The van der Waals surface area contributed by atoms with E-state index in [4.69, 9.17) is 5.73 Å². The minimum atomic E-state index is -1.20. The average Bonchev–Trinajstić information content (AvgIpc) is 2.43. The molecule has 21 heavy (non-hydrogen) atoms. The van der Waals surface area contributed by atoms with Crippen molar-refractivity contribution in [2.45, 2.75) is 45.6 Å². The monoisotopic (exact) mass is 294 g/mol. The van der Waals surface area contributed by atoms with Gasteiger partial charge in [-0.25, -0.2) is 9.18 Å². The fourth-order valence-corrected chi connectivity index (χ4v) is 3.28. The molecular formula is C16H23FN2O2. The lowest BCUT2D eigenvalue weighted by Crippen LogP contribution is -2.35. The van der Waals surface area contributed by atoms with Crippen LogP contribution in [0.4, 0.5) is 15.8 Å². The Labute approximate surface area is 124 Å². The smallest absolute Gasteiger partial charge is 0.340 e. The number of nitrogen functional groups attached to an aromatic ring is 1. The molecule has 0 aliphatic heterocycles. The van der Waals surface area contributed by atoms with Gasteiger partial charge < -0.3 is 16.2 Å². The van der Waals surface area contributed by atoms with Crippen LogP contribution in [0.1, 0.15) is 49.9 Å². The Morgan fingerprint density at radius 2 is 2.05 bits per heavy atom. The highest BCUT2D eigenvalue weighted by molar-refractivity contribution is 6.00. The lowest BCUT2D eigenvalue weighted by molar-refractivity contribution is 0.0698. The number of hydrogen-bond donors (Lipinski definition) is 3. The van der Waals surface area contributed by atoms with Crippen molar-refractivity contribution in [3.8, 4) is 0 Å². The zero-order valence-electron chi connectivity index (χ0n) is 12.5. The number of halogens is 1. The first kappa shape index (κ1) is 15.6. The molecule has 1 aromatic rings. The number of carboxylic acids is 1. The van der Waals surface area contributed by atoms with E-state index < -0.39 is 11.8 Å². The van der Waals surface area contributed by atoms with Crippen LogP contribution >= 0.6 is 0 Å². The molecule has 0 radical (unpaired) electrons. The van der Waals surface area contributed by atoms with E-state index in [1.54, 1.807) is 0 Å². The Morgan fingerprint density at radius 3 is 2.67 bits per heavy atom. The van der Waals surface area contributed by atoms with Gasteiger partial charge in [0.15, 0.2) is 0 Å². The van der Waals surface area contributed by atoms with Crippen LogP contribution in [0.2, 0.25) is 0 Å². The molecule has 1 fully saturated rings. The molecule has 1 aliphatic rings. The van der Waals surface area contributed by atoms with Crippen molar-refractivity contribution in [2.75, 3.05) is 11.1 Å². The minimum Gasteiger partial charge on any atom is -0.478 e. The van der Waals surface area contributed by atoms with Crippen molar-refractivity contribution in [1.29, 1.82) is 0 Å². The van der Waals surface area contributed by atoms with E-state index >= 15 is 0 Å². The Hall–Kier alpha value is -1.78. The largest absolute Gasteiger partial charge is 0.478 e. The molecule has 4 N–H and O–H groups in total. The third kappa shape index (κ3) is 3.28. The van der Waals surface area contributed by atoms with Crippen molar-refractivity contribution in [3.05, 3.63) is 23.5 Å². The van der Waals surface area contributed by atoms with E-state index in [0.717, 1.165) is 19.3 Å². The van der Waals surface area contributed by atoms with Crippen molar-refractivity contribution in [3.63, 3.8) is 0 Å². The first-order valence-corrected chi connectivity index (χ1v) is 7.49. The topological polar surface area (TPSA) is 75.3 Å². The molecule has 2 unspecified atom stereocenters. The van der Waals surface area contributed by atoms with Crippen molar-refractivity contribution in [2.24, 2.45) is 11.8 Å². The highest BCUT2D eigenvalue weighted by atomic mass is 19.1. The second-order valence-electron chi connectivity index (χ2n) is 6.13. The van der Waals surface area contributed by atoms with Gasteiger partial charge in [0, 0.05) is 6.04 Å². The van der Waals surface area contributed by atoms with E-state index in [0.29, 0.717) is 17.5 Å². The first-order valence-electron chi connectivity index (χ1n) is 7.49. The maximum atomic E-state index is 13.5. The quantitative estimate of drug-likeness (QED) is 0.740. The van der Waals surface area contributed by atoms with Crippen LogP contribution in [0, 0.1) is 17.7 Å². The molecule has 0 heterocycles. The van der Waals surface area contributed by atoms with Gasteiger partial charge in [0.1, 0.15) is 11.4 Å². The summed E-state index contributed by atoms with van der Waals surface area (Å²) in [5.74, 6) is -0.881. The number of carbonyl (C=O) groups is 1. The van der Waals surface area contributed by atoms with E-state index in [2.05, 4.69) is 19.2 Å². The lowest BCUT2D eigenvalue weighted by atomic mass is 9.77. The summed E-state index contributed by atoms with van der Waals surface area (Å²) in [4.78, 5) is 11.4. The van der Waals surface area contributed by atoms with E-state index in [9.17, 15) is 14.3 Å². The predicted octanol–water partition coefficient (Wildman–Crippen LogP) is 3.73. The van der Waals surface area contributed by atoms with Gasteiger partial charge in [-0.15, -0.1) is 0 Å². The SMILES string of the molecule is CC(C)C1CCCCC1Nc1ccc(F)c(N)c1C(=O)O. The molecule has 0 spiro atoms. The average molecular weight is 294 g/mol. The Morgan fingerprint density at radius 1 is 1.38 bits per heavy atom. The molecule has 4 nitrogen and oxygen atoms in total. The van der Waals surface area contributed by atoms with Crippen LogP contribution in [0.5, 0.6) is 0 Å². The predicted molar refractivity (Wildman–Crippen MR) is 82.0 cm³/mol. The summed E-state index contributed by atoms with van der Waals surface area (Å²) in [5.41, 5.74) is 5.54. The second kappa shape index (κ2) is 6.33. The summed E-state index contributed by atoms with van der Waals surface area (Å²) in [5, 5.41) is 12.6. The number of nitrogens with two attached hydrogens (primary N) is 1. The Balaban J connectivity index is 2.30. The van der Waals surface area contributed by atoms with E-state index in [1.165, 1.54) is 18.6 Å². The molecular weight excluding hydrogens is 271 g/mol. The molecule has 2 rings (SSSR count). The van der Waals surface area contributed by atoms with Gasteiger partial charge in [0.25, 0.3) is 0 Å². The molecule has 116 valence electrons. The summed E-state index contributed by atoms with van der Waals surface area (Å²) < 4.78 is 13.5. The molecule has 1 aromatic carbocycles. The van der Waals surface area contributed by atoms with E-state index in [-0.39, 0.29) is 17.3 Å². The fraction of sp³-hybridized carbons (Fsp3) is 0.562. The van der Waals surface area contributed by atoms with Crippen LogP contribution in [-0.2, 0) is 0 Å². The van der Waals surface area contributed by atoms with Crippen LogP contribution in [0.15, 0.2) is 12.1 Å². The van der Waals surface area contributed by atoms with E-state index in [1.807, 2.05) is 0 Å². The maximum absolute atomic E-state index is 13.5. The molecule has 1 aliphatic carbocycles. The normalized spacial score (nSPS) is 22.3. The number of carboxylic acid groups (broad SMARTS) is 1. The standard InChI is InChI=1S/C16H23FN2O2/c1-9(2)10-5-3-4-6-12(10)19-13-8-7-11(17)15(18)14(13)16(20)21/h7-10,12,19H,3-6,18H2,1-2H3,(H,20,21). The van der Waals surface area contributed by atoms with Gasteiger partial charge >= 0.3 is 5.97 Å². The zero-order valence-corrected chi connectivity index (χ0v) is 12.5. The van der Waals surface area contributed by atoms with Gasteiger partial charge in [0.05, 0.1) is 11.4 Å². The number of nitrogens with one attached hydrogen (secondary N) is 1. The molecule has 5 heteroatoms. The third-order valence-corrected chi connectivity index (χ3v) is 4.42. The summed E-state index contributed by atoms with van der Waals surface area (Å²) in [6, 6.07) is 2.90. The number of hydrogen-bond acceptors (Lipinski definition) is 3. The van der Waals surface area contributed by atoms with Gasteiger partial charge in [-0.3, -0.25) is 0 Å². The van der Waals surface area contributed by atoms with Gasteiger partial charge in [-0.05, 0) is 36.8 Å². The second-order valence-corrected chi connectivity index (χ2v) is 6.13. The lowest BCUT2D eigenvalue weighted by Gasteiger charge is -2.36. The molecule has 0 amide bonds. The third-order valence-electron chi connectivity index (χ3n) is 4.42. The highest BCUT2D eigenvalue weighted by Gasteiger charge is 2.29. The summed E-state index contributed by atoms with van der Waals surface area (Å²) >= 11 is 0. The zero-order chi connectivity index (χ0) is 15.6. The minimum absolute atomic E-state index is 0.164. The molecule has 0 bridgehead atoms. The van der Waals surface area contributed by atoms with Crippen LogP contribution in [-0.4, -0.2) is 17.1 Å². The van der Waals surface area contributed by atoms with Crippen LogP contribution in [0.3, 0.4) is 0 Å². The van der Waals surface area contributed by atoms with Crippen molar-refractivity contribution in [1.82, 2.24) is 0 Å². The molecule has 1 saturated carbocycles. The maximum Gasteiger partial charge on any atom is 0.340 e. The molecule has 0 saturated heterocycles. The number of aromatic carboxylic acids is 1. The van der Waals surface area contributed by atoms with Crippen LogP contribution in [0.25, 0.3) is 0 Å². The summed E-state index contributed by atoms with van der Waals surface area (Å²) in [6.45, 7) is 4.36. The highest BCUT2D eigenvalue weighted by Crippen LogP contribution is 2.34. The number of anilines is 2. The summed E-state index contributed by atoms with van der Waals surface area (Å²) in [6.07, 6.45) is 4.46. The Kier molecular flexibility index (Phi) is 4.70. The van der Waals surface area contributed by atoms with Gasteiger partial charge in [-0.1, -0.05) is 26.7 Å². The number of benzene rings is 1. The van der Waals surface area contributed by atoms with Crippen molar-refractivity contribution >= 4 is 17.3 Å². The van der Waals surface area contributed by atoms with Crippen LogP contribution < -0.4 is 11.1 Å². The van der Waals surface area contributed by atoms with Gasteiger partial charge in [-0.2, -0.15) is 0 Å². The van der Waals surface area contributed by atoms with Gasteiger partial charge in [0.2, 0.25) is 0 Å². The first-order chi connectivity index (χ1) is 9.91. The Bertz CT molecular complexity index is 531. The van der Waals surface area contributed by atoms with Crippen molar-refractivity contribution < 1.29 is 14.3 Å². The molecule has 0 aromatic heterocycles. The fourth-order valence-electron chi connectivity index (χ4n) is 3.28. The molecule has 2 atom stereocenters. The summed E-state index contributed by atoms with van der Waals surface area (Å²) in [7, 11) is 0.